The van der Waals surface area contributed by atoms with Gasteiger partial charge >= 0.3 is 0 Å². The zero-order chi connectivity index (χ0) is 9.42. The van der Waals surface area contributed by atoms with Crippen molar-refractivity contribution in [2.24, 2.45) is 0 Å². The van der Waals surface area contributed by atoms with E-state index in [1.54, 1.807) is 18.3 Å². The molecule has 1 aromatic carbocycles. The van der Waals surface area contributed by atoms with Crippen molar-refractivity contribution >= 4 is 16.6 Å². The fraction of sp³-hybridized carbons (Fsp3) is 0.100. The van der Waals surface area contributed by atoms with Crippen LogP contribution in [0.1, 0.15) is 5.56 Å². The van der Waals surface area contributed by atoms with Crippen LogP contribution in [0.3, 0.4) is 0 Å². The number of phenolic OH excluding ortho intramolecular Hbond substituents is 1. The molecule has 3 N–H and O–H groups in total. The van der Waals surface area contributed by atoms with Gasteiger partial charge in [-0.1, -0.05) is 0 Å². The molecular weight excluding hydrogens is 164 g/mol. The molecule has 66 valence electrons. The normalized spacial score (nSPS) is 10.5. The number of rotatable bonds is 0. The molecule has 1 aromatic heterocycles. The van der Waals surface area contributed by atoms with Crippen LogP contribution < -0.4 is 5.73 Å². The van der Waals surface area contributed by atoms with Crippen LogP contribution >= 0.6 is 0 Å². The first-order valence-corrected chi connectivity index (χ1v) is 4.02. The summed E-state index contributed by atoms with van der Waals surface area (Å²) >= 11 is 0. The molecule has 0 spiro atoms. The van der Waals surface area contributed by atoms with Crippen molar-refractivity contribution in [3.63, 3.8) is 0 Å². The Labute approximate surface area is 75.8 Å². The van der Waals surface area contributed by atoms with Gasteiger partial charge in [0, 0.05) is 11.6 Å². The van der Waals surface area contributed by atoms with Gasteiger partial charge in [0.1, 0.15) is 11.4 Å². The first kappa shape index (κ1) is 7.86. The Kier molecular flexibility index (Phi) is 1.59. The second-order valence-corrected chi connectivity index (χ2v) is 3.08. The number of pyridine rings is 1. The highest BCUT2D eigenvalue weighted by atomic mass is 16.3. The van der Waals surface area contributed by atoms with E-state index in [1.165, 1.54) is 0 Å². The van der Waals surface area contributed by atoms with E-state index in [0.29, 0.717) is 11.2 Å². The highest BCUT2D eigenvalue weighted by Gasteiger charge is 2.03. The van der Waals surface area contributed by atoms with Gasteiger partial charge in [-0.15, -0.1) is 0 Å². The summed E-state index contributed by atoms with van der Waals surface area (Å²) in [5, 5.41) is 10.3. The fourth-order valence-corrected chi connectivity index (χ4v) is 1.32. The van der Waals surface area contributed by atoms with E-state index in [2.05, 4.69) is 4.98 Å². The number of anilines is 1. The standard InChI is InChI=1S/C10H10N2O/c1-6-4-7-2-3-8(13)9(11)10(7)12-5-6/h2-5,13H,11H2,1H3. The van der Waals surface area contributed by atoms with Gasteiger partial charge in [0.05, 0.1) is 5.52 Å². The molecule has 1 heterocycles. The Morgan fingerprint density at radius 1 is 1.38 bits per heavy atom. The van der Waals surface area contributed by atoms with Crippen molar-refractivity contribution in [2.45, 2.75) is 6.92 Å². The topological polar surface area (TPSA) is 59.1 Å². The molecular formula is C10H10N2O. The lowest BCUT2D eigenvalue weighted by Crippen LogP contribution is -1.90. The van der Waals surface area contributed by atoms with Gasteiger partial charge in [-0.05, 0) is 30.7 Å². The largest absolute Gasteiger partial charge is 0.506 e. The second kappa shape index (κ2) is 2.62. The summed E-state index contributed by atoms with van der Waals surface area (Å²) in [6.45, 7) is 1.97. The predicted octanol–water partition coefficient (Wildman–Crippen LogP) is 1.83. The lowest BCUT2D eigenvalue weighted by atomic mass is 10.1. The predicted molar refractivity (Wildman–Crippen MR) is 52.6 cm³/mol. The third-order valence-electron chi connectivity index (χ3n) is 2.01. The number of aromatic nitrogens is 1. The Balaban J connectivity index is 2.87. The third-order valence-corrected chi connectivity index (χ3v) is 2.01. The number of nitrogen functional groups attached to an aromatic ring is 1. The monoisotopic (exact) mass is 174 g/mol. The number of nitrogens with zero attached hydrogens (tertiary/aromatic N) is 1. The van der Waals surface area contributed by atoms with Crippen molar-refractivity contribution in [1.29, 1.82) is 0 Å². The molecule has 0 fully saturated rings. The van der Waals surface area contributed by atoms with Crippen LogP contribution in [-0.2, 0) is 0 Å². The van der Waals surface area contributed by atoms with Crippen LogP contribution in [-0.4, -0.2) is 10.1 Å². The van der Waals surface area contributed by atoms with Gasteiger partial charge in [0.25, 0.3) is 0 Å². The lowest BCUT2D eigenvalue weighted by molar-refractivity contribution is 0.478. The highest BCUT2D eigenvalue weighted by Crippen LogP contribution is 2.27. The summed E-state index contributed by atoms with van der Waals surface area (Å²) in [5.74, 6) is 0.0869. The van der Waals surface area contributed by atoms with Crippen molar-refractivity contribution in [2.75, 3.05) is 5.73 Å². The average Bonchev–Trinajstić information content (AvgIpc) is 2.12. The number of aromatic hydroxyl groups is 1. The summed E-state index contributed by atoms with van der Waals surface area (Å²) < 4.78 is 0. The molecule has 0 aliphatic rings. The number of aryl methyl sites for hydroxylation is 1. The summed E-state index contributed by atoms with van der Waals surface area (Å²) in [6.07, 6.45) is 1.73. The number of nitrogens with two attached hydrogens (primary N) is 1. The maximum atomic E-state index is 9.32. The summed E-state index contributed by atoms with van der Waals surface area (Å²) in [5.41, 5.74) is 7.74. The van der Waals surface area contributed by atoms with Crippen molar-refractivity contribution < 1.29 is 5.11 Å². The SMILES string of the molecule is Cc1cnc2c(N)c(O)ccc2c1. The lowest BCUT2D eigenvalue weighted by Gasteiger charge is -2.03. The minimum Gasteiger partial charge on any atom is -0.506 e. The Morgan fingerprint density at radius 2 is 2.15 bits per heavy atom. The zero-order valence-electron chi connectivity index (χ0n) is 7.28. The molecule has 0 bridgehead atoms. The molecule has 0 saturated heterocycles. The van der Waals surface area contributed by atoms with Gasteiger partial charge in [0.2, 0.25) is 0 Å². The molecule has 3 heteroatoms. The molecule has 0 unspecified atom stereocenters. The van der Waals surface area contributed by atoms with E-state index < -0.39 is 0 Å². The Morgan fingerprint density at radius 3 is 2.92 bits per heavy atom. The molecule has 3 nitrogen and oxygen atoms in total. The van der Waals surface area contributed by atoms with E-state index in [1.807, 2.05) is 13.0 Å². The number of fused-ring (bicyclic) bond motifs is 1. The molecule has 13 heavy (non-hydrogen) atoms. The summed E-state index contributed by atoms with van der Waals surface area (Å²) in [4.78, 5) is 4.16. The Bertz CT molecular complexity index is 466. The van der Waals surface area contributed by atoms with E-state index >= 15 is 0 Å². The van der Waals surface area contributed by atoms with Crippen molar-refractivity contribution in [1.82, 2.24) is 4.98 Å². The molecule has 2 aromatic rings. The Hall–Kier alpha value is -1.77. The quantitative estimate of drug-likeness (QED) is 0.473. The highest BCUT2D eigenvalue weighted by molar-refractivity contribution is 5.92. The summed E-state index contributed by atoms with van der Waals surface area (Å²) in [7, 11) is 0. The molecule has 0 aliphatic carbocycles. The smallest absolute Gasteiger partial charge is 0.140 e. The maximum Gasteiger partial charge on any atom is 0.140 e. The zero-order valence-corrected chi connectivity index (χ0v) is 7.28. The van der Waals surface area contributed by atoms with E-state index in [-0.39, 0.29) is 5.75 Å². The van der Waals surface area contributed by atoms with Gasteiger partial charge in [-0.3, -0.25) is 4.98 Å². The van der Waals surface area contributed by atoms with Gasteiger partial charge in [-0.25, -0.2) is 0 Å². The first-order valence-electron chi connectivity index (χ1n) is 4.02. The average molecular weight is 174 g/mol. The fourth-order valence-electron chi connectivity index (χ4n) is 1.32. The number of benzene rings is 1. The van der Waals surface area contributed by atoms with Crippen LogP contribution in [0.5, 0.6) is 5.75 Å². The number of hydrogen-bond acceptors (Lipinski definition) is 3. The van der Waals surface area contributed by atoms with Gasteiger partial charge < -0.3 is 10.8 Å². The first-order chi connectivity index (χ1) is 6.18. The number of hydrogen-bond donors (Lipinski definition) is 2. The minimum absolute atomic E-state index is 0.0869. The second-order valence-electron chi connectivity index (χ2n) is 3.08. The van der Waals surface area contributed by atoms with Crippen molar-refractivity contribution in [3.05, 3.63) is 30.0 Å². The van der Waals surface area contributed by atoms with E-state index in [0.717, 1.165) is 10.9 Å². The molecule has 0 radical (unpaired) electrons. The van der Waals surface area contributed by atoms with E-state index in [4.69, 9.17) is 5.73 Å². The maximum absolute atomic E-state index is 9.32. The molecule has 0 aliphatic heterocycles. The van der Waals surface area contributed by atoms with Crippen LogP contribution in [0.25, 0.3) is 10.9 Å². The van der Waals surface area contributed by atoms with Gasteiger partial charge in [-0.2, -0.15) is 0 Å². The van der Waals surface area contributed by atoms with Crippen LogP contribution in [0.15, 0.2) is 24.4 Å². The molecule has 2 rings (SSSR count). The minimum atomic E-state index is 0.0869. The molecule has 0 atom stereocenters. The third kappa shape index (κ3) is 1.18. The van der Waals surface area contributed by atoms with Crippen LogP contribution in [0.2, 0.25) is 0 Å². The molecule has 0 saturated carbocycles. The van der Waals surface area contributed by atoms with Crippen LogP contribution in [0, 0.1) is 6.92 Å². The van der Waals surface area contributed by atoms with Gasteiger partial charge in [0.15, 0.2) is 0 Å². The summed E-state index contributed by atoms with van der Waals surface area (Å²) in [6, 6.07) is 5.37. The van der Waals surface area contributed by atoms with E-state index in [9.17, 15) is 5.11 Å². The molecule has 0 amide bonds. The van der Waals surface area contributed by atoms with Crippen molar-refractivity contribution in [3.8, 4) is 5.75 Å². The number of phenols is 1. The van der Waals surface area contributed by atoms with Crippen LogP contribution in [0.4, 0.5) is 5.69 Å².